The molecule has 3 rings (SSSR count). The van der Waals surface area contributed by atoms with Gasteiger partial charge in [0.25, 0.3) is 5.91 Å². The molecule has 0 spiro atoms. The summed E-state index contributed by atoms with van der Waals surface area (Å²) in [6.07, 6.45) is 0. The summed E-state index contributed by atoms with van der Waals surface area (Å²) < 4.78 is 8.09. The Morgan fingerprint density at radius 3 is 2.85 bits per heavy atom. The summed E-state index contributed by atoms with van der Waals surface area (Å²) in [6, 6.07) is 9.16. The van der Waals surface area contributed by atoms with E-state index >= 15 is 0 Å². The number of carbonyl (C=O) groups is 1. The second-order valence-electron chi connectivity index (χ2n) is 4.54. The molecule has 20 heavy (non-hydrogen) atoms. The molecule has 2 heterocycles. The summed E-state index contributed by atoms with van der Waals surface area (Å²) in [5, 5.41) is 7.84. The number of aryl methyl sites for hydroxylation is 2. The lowest BCUT2D eigenvalue weighted by atomic mass is 10.2. The summed E-state index contributed by atoms with van der Waals surface area (Å²) >= 11 is 3.37. The van der Waals surface area contributed by atoms with Crippen molar-refractivity contribution in [3.05, 3.63) is 46.3 Å². The van der Waals surface area contributed by atoms with Crippen LogP contribution < -0.4 is 5.32 Å². The zero-order valence-electron chi connectivity index (χ0n) is 11.0. The number of nitrogens with zero attached hydrogens (tertiary/aromatic N) is 2. The van der Waals surface area contributed by atoms with Crippen LogP contribution in [0.15, 0.2) is 39.2 Å². The minimum atomic E-state index is -0.291. The first-order valence-electron chi connectivity index (χ1n) is 6.04. The van der Waals surface area contributed by atoms with E-state index in [0.29, 0.717) is 11.4 Å². The molecule has 2 aromatic heterocycles. The highest BCUT2D eigenvalue weighted by molar-refractivity contribution is 9.10. The lowest BCUT2D eigenvalue weighted by molar-refractivity contribution is 0.0998. The van der Waals surface area contributed by atoms with E-state index in [0.717, 1.165) is 15.6 Å². The van der Waals surface area contributed by atoms with Gasteiger partial charge in [-0.15, -0.1) is 0 Å². The SMILES string of the molecule is Cc1cc(NC(=O)c2cc3ccc(Br)cc3o2)n(C)n1. The van der Waals surface area contributed by atoms with E-state index in [1.165, 1.54) is 0 Å². The minimum absolute atomic E-state index is 0.275. The first-order valence-corrected chi connectivity index (χ1v) is 6.83. The molecule has 0 saturated carbocycles. The van der Waals surface area contributed by atoms with Crippen molar-refractivity contribution >= 4 is 38.6 Å². The fourth-order valence-corrected chi connectivity index (χ4v) is 2.36. The second-order valence-corrected chi connectivity index (χ2v) is 5.46. The largest absolute Gasteiger partial charge is 0.451 e. The number of amides is 1. The van der Waals surface area contributed by atoms with Gasteiger partial charge in [0.15, 0.2) is 5.76 Å². The minimum Gasteiger partial charge on any atom is -0.451 e. The van der Waals surface area contributed by atoms with Gasteiger partial charge in [-0.3, -0.25) is 9.48 Å². The highest BCUT2D eigenvalue weighted by Gasteiger charge is 2.14. The molecule has 5 nitrogen and oxygen atoms in total. The van der Waals surface area contributed by atoms with E-state index in [-0.39, 0.29) is 11.7 Å². The maximum Gasteiger partial charge on any atom is 0.292 e. The third-order valence-electron chi connectivity index (χ3n) is 2.95. The van der Waals surface area contributed by atoms with Gasteiger partial charge in [-0.2, -0.15) is 5.10 Å². The van der Waals surface area contributed by atoms with Gasteiger partial charge in [0.2, 0.25) is 0 Å². The van der Waals surface area contributed by atoms with Gasteiger partial charge in [0, 0.05) is 23.0 Å². The van der Waals surface area contributed by atoms with E-state index < -0.39 is 0 Å². The van der Waals surface area contributed by atoms with Crippen LogP contribution in [0.5, 0.6) is 0 Å². The van der Waals surface area contributed by atoms with Crippen molar-refractivity contribution in [2.45, 2.75) is 6.92 Å². The summed E-state index contributed by atoms with van der Waals surface area (Å²) in [7, 11) is 1.78. The highest BCUT2D eigenvalue weighted by atomic mass is 79.9. The number of fused-ring (bicyclic) bond motifs is 1. The Morgan fingerprint density at radius 2 is 2.15 bits per heavy atom. The Kier molecular flexibility index (Phi) is 3.10. The molecule has 0 bridgehead atoms. The van der Waals surface area contributed by atoms with E-state index in [2.05, 4.69) is 26.3 Å². The van der Waals surface area contributed by atoms with Gasteiger partial charge in [0.1, 0.15) is 11.4 Å². The fraction of sp³-hybridized carbons (Fsp3) is 0.143. The van der Waals surface area contributed by atoms with Crippen molar-refractivity contribution in [1.82, 2.24) is 9.78 Å². The van der Waals surface area contributed by atoms with Crippen LogP contribution in [0, 0.1) is 6.92 Å². The monoisotopic (exact) mass is 333 g/mol. The van der Waals surface area contributed by atoms with Crippen molar-refractivity contribution in [1.29, 1.82) is 0 Å². The van der Waals surface area contributed by atoms with Crippen molar-refractivity contribution in [2.24, 2.45) is 7.05 Å². The molecule has 0 atom stereocenters. The number of anilines is 1. The third kappa shape index (κ3) is 2.34. The van der Waals surface area contributed by atoms with Crippen LogP contribution in [-0.4, -0.2) is 15.7 Å². The number of nitrogens with one attached hydrogen (secondary N) is 1. The van der Waals surface area contributed by atoms with Crippen LogP contribution in [0.4, 0.5) is 5.82 Å². The highest BCUT2D eigenvalue weighted by Crippen LogP contribution is 2.24. The number of carbonyl (C=O) groups excluding carboxylic acids is 1. The maximum absolute atomic E-state index is 12.2. The number of halogens is 1. The Bertz CT molecular complexity index is 804. The normalized spacial score (nSPS) is 10.9. The van der Waals surface area contributed by atoms with Crippen LogP contribution in [0.25, 0.3) is 11.0 Å². The van der Waals surface area contributed by atoms with Crippen LogP contribution in [0.1, 0.15) is 16.2 Å². The first kappa shape index (κ1) is 12.9. The predicted octanol–water partition coefficient (Wildman–Crippen LogP) is 3.49. The number of hydrogen-bond acceptors (Lipinski definition) is 3. The first-order chi connectivity index (χ1) is 9.52. The van der Waals surface area contributed by atoms with Gasteiger partial charge in [-0.05, 0) is 31.2 Å². The Morgan fingerprint density at radius 1 is 1.35 bits per heavy atom. The van der Waals surface area contributed by atoms with Gasteiger partial charge in [-0.1, -0.05) is 15.9 Å². The van der Waals surface area contributed by atoms with Crippen molar-refractivity contribution in [3.8, 4) is 0 Å². The van der Waals surface area contributed by atoms with E-state index in [1.54, 1.807) is 23.9 Å². The lowest BCUT2D eigenvalue weighted by Crippen LogP contribution is -2.13. The van der Waals surface area contributed by atoms with Crippen molar-refractivity contribution in [2.75, 3.05) is 5.32 Å². The molecule has 0 radical (unpaired) electrons. The molecular formula is C14H12BrN3O2. The standard InChI is InChI=1S/C14H12BrN3O2/c1-8-5-13(18(2)17-8)16-14(19)12-6-9-3-4-10(15)7-11(9)20-12/h3-7H,1-2H3,(H,16,19). The number of furan rings is 1. The van der Waals surface area contributed by atoms with Gasteiger partial charge < -0.3 is 9.73 Å². The van der Waals surface area contributed by atoms with Gasteiger partial charge in [0.05, 0.1) is 5.69 Å². The Hall–Kier alpha value is -2.08. The molecule has 6 heteroatoms. The fourth-order valence-electron chi connectivity index (χ4n) is 2.02. The van der Waals surface area contributed by atoms with E-state index in [1.807, 2.05) is 25.1 Å². The van der Waals surface area contributed by atoms with Crippen LogP contribution in [0.3, 0.4) is 0 Å². The second kappa shape index (κ2) is 4.79. The summed E-state index contributed by atoms with van der Waals surface area (Å²) in [5.41, 5.74) is 1.52. The number of aromatic nitrogens is 2. The maximum atomic E-state index is 12.2. The lowest BCUT2D eigenvalue weighted by Gasteiger charge is -2.02. The topological polar surface area (TPSA) is 60.1 Å². The molecule has 102 valence electrons. The molecule has 1 amide bonds. The molecule has 0 unspecified atom stereocenters. The average Bonchev–Trinajstić information content (AvgIpc) is 2.92. The number of hydrogen-bond donors (Lipinski definition) is 1. The Balaban J connectivity index is 1.90. The molecule has 0 aliphatic carbocycles. The molecule has 3 aromatic rings. The summed E-state index contributed by atoms with van der Waals surface area (Å²) in [4.78, 5) is 12.2. The van der Waals surface area contributed by atoms with Crippen LogP contribution in [0.2, 0.25) is 0 Å². The molecule has 0 aliphatic rings. The molecular weight excluding hydrogens is 322 g/mol. The average molecular weight is 334 g/mol. The smallest absolute Gasteiger partial charge is 0.292 e. The van der Waals surface area contributed by atoms with Gasteiger partial charge >= 0.3 is 0 Å². The molecule has 1 N–H and O–H groups in total. The Labute approximate surface area is 123 Å². The molecule has 0 saturated heterocycles. The van der Waals surface area contributed by atoms with Gasteiger partial charge in [-0.25, -0.2) is 0 Å². The number of benzene rings is 1. The zero-order valence-corrected chi connectivity index (χ0v) is 12.6. The summed E-state index contributed by atoms with van der Waals surface area (Å²) in [6.45, 7) is 1.87. The van der Waals surface area contributed by atoms with Crippen LogP contribution >= 0.6 is 15.9 Å². The number of rotatable bonds is 2. The van der Waals surface area contributed by atoms with Crippen molar-refractivity contribution < 1.29 is 9.21 Å². The molecule has 0 aliphatic heterocycles. The molecule has 0 fully saturated rings. The summed E-state index contributed by atoms with van der Waals surface area (Å²) in [5.74, 6) is 0.617. The van der Waals surface area contributed by atoms with E-state index in [9.17, 15) is 4.79 Å². The van der Waals surface area contributed by atoms with Crippen LogP contribution in [-0.2, 0) is 7.05 Å². The quantitative estimate of drug-likeness (QED) is 0.780. The van der Waals surface area contributed by atoms with E-state index in [4.69, 9.17) is 4.42 Å². The molecule has 1 aromatic carbocycles. The van der Waals surface area contributed by atoms with Crippen molar-refractivity contribution in [3.63, 3.8) is 0 Å². The third-order valence-corrected chi connectivity index (χ3v) is 3.44. The predicted molar refractivity (Wildman–Crippen MR) is 79.8 cm³/mol. The zero-order chi connectivity index (χ0) is 14.3.